The molecule has 132 valence electrons. The molecule has 3 rings (SSSR count). The number of anilines is 1. The van der Waals surface area contributed by atoms with Crippen LogP contribution in [0, 0.1) is 6.92 Å². The molecular weight excluding hydrogens is 366 g/mol. The zero-order valence-corrected chi connectivity index (χ0v) is 15.4. The van der Waals surface area contributed by atoms with Crippen molar-refractivity contribution in [1.82, 2.24) is 0 Å². The minimum Gasteiger partial charge on any atom is -0.478 e. The van der Waals surface area contributed by atoms with E-state index in [1.807, 2.05) is 19.0 Å². The fourth-order valence-corrected chi connectivity index (χ4v) is 4.57. The molecule has 0 aromatic heterocycles. The minimum absolute atomic E-state index is 0.102. The van der Waals surface area contributed by atoms with Crippen LogP contribution in [0.1, 0.15) is 21.5 Å². The van der Waals surface area contributed by atoms with Gasteiger partial charge in [-0.2, -0.15) is 0 Å². The number of hydrogen-bond donors (Lipinski definition) is 1. The number of hydrogen-bond acceptors (Lipinski definition) is 5. The van der Waals surface area contributed by atoms with Crippen molar-refractivity contribution in [3.05, 3.63) is 46.0 Å². The van der Waals surface area contributed by atoms with Crippen LogP contribution in [0.25, 0.3) is 0 Å². The van der Waals surface area contributed by atoms with Crippen LogP contribution in [0.5, 0.6) is 11.5 Å². The van der Waals surface area contributed by atoms with E-state index in [2.05, 4.69) is 0 Å². The Kier molecular flexibility index (Phi) is 4.17. The summed E-state index contributed by atoms with van der Waals surface area (Å²) in [6.07, 6.45) is 0. The number of nitrogens with zero attached hydrogens (tertiary/aromatic N) is 1. The highest BCUT2D eigenvalue weighted by molar-refractivity contribution is 7.90. The first-order valence-corrected chi connectivity index (χ1v) is 9.41. The Balaban J connectivity index is 2.28. The molecule has 0 unspecified atom stereocenters. The van der Waals surface area contributed by atoms with Crippen molar-refractivity contribution >= 4 is 33.1 Å². The summed E-state index contributed by atoms with van der Waals surface area (Å²) in [6.45, 7) is 1.61. The summed E-state index contributed by atoms with van der Waals surface area (Å²) in [5.74, 6) is -1.13. The molecule has 1 aliphatic rings. The summed E-state index contributed by atoms with van der Waals surface area (Å²) in [5, 5.41) is 9.50. The zero-order valence-electron chi connectivity index (χ0n) is 13.8. The third kappa shape index (κ3) is 3.05. The number of benzene rings is 2. The van der Waals surface area contributed by atoms with Crippen LogP contribution in [0.2, 0.25) is 5.02 Å². The van der Waals surface area contributed by atoms with E-state index in [1.54, 1.807) is 19.1 Å². The van der Waals surface area contributed by atoms with Crippen LogP contribution in [-0.2, 0) is 15.6 Å². The molecule has 0 radical (unpaired) electrons. The number of carboxylic acid groups (broad SMARTS) is 1. The summed E-state index contributed by atoms with van der Waals surface area (Å²) < 4.78 is 31.5. The Morgan fingerprint density at radius 1 is 1.20 bits per heavy atom. The third-order valence-electron chi connectivity index (χ3n) is 3.99. The molecule has 8 heteroatoms. The van der Waals surface area contributed by atoms with Crippen molar-refractivity contribution in [3.8, 4) is 11.5 Å². The molecule has 0 bridgehead atoms. The van der Waals surface area contributed by atoms with Crippen LogP contribution in [-0.4, -0.2) is 33.6 Å². The molecule has 0 atom stereocenters. The second kappa shape index (κ2) is 5.93. The van der Waals surface area contributed by atoms with E-state index in [-0.39, 0.29) is 27.7 Å². The van der Waals surface area contributed by atoms with E-state index in [9.17, 15) is 18.3 Å². The predicted octanol–water partition coefficient (Wildman–Crippen LogP) is 3.49. The summed E-state index contributed by atoms with van der Waals surface area (Å²) in [5.41, 5.74) is 1.49. The minimum atomic E-state index is -3.80. The fourth-order valence-electron chi connectivity index (χ4n) is 2.73. The predicted molar refractivity (Wildman–Crippen MR) is 94.9 cm³/mol. The van der Waals surface area contributed by atoms with Gasteiger partial charge in [0.05, 0.1) is 16.3 Å². The number of fused-ring (bicyclic) bond motifs is 2. The molecule has 0 saturated carbocycles. The SMILES string of the molecule is Cc1cc(C(=O)O)cc2c1Oc1c(Cl)cc(N(C)C)cc1CS2(=O)=O. The van der Waals surface area contributed by atoms with Gasteiger partial charge < -0.3 is 14.7 Å². The lowest BCUT2D eigenvalue weighted by molar-refractivity contribution is 0.0696. The Morgan fingerprint density at radius 2 is 1.88 bits per heavy atom. The number of halogens is 1. The van der Waals surface area contributed by atoms with Crippen LogP contribution in [0.3, 0.4) is 0 Å². The van der Waals surface area contributed by atoms with E-state index in [0.717, 1.165) is 11.8 Å². The molecule has 1 heterocycles. The van der Waals surface area contributed by atoms with Crippen LogP contribution < -0.4 is 9.64 Å². The number of aromatic carboxylic acids is 1. The number of sulfone groups is 1. The lowest BCUT2D eigenvalue weighted by Crippen LogP contribution is -2.10. The van der Waals surface area contributed by atoms with Gasteiger partial charge in [0.1, 0.15) is 16.4 Å². The Labute approximate surface area is 150 Å². The smallest absolute Gasteiger partial charge is 0.335 e. The van der Waals surface area contributed by atoms with Crippen LogP contribution >= 0.6 is 11.6 Å². The first-order chi connectivity index (χ1) is 11.6. The Bertz CT molecular complexity index is 999. The molecule has 1 N–H and O–H groups in total. The van der Waals surface area contributed by atoms with E-state index in [1.165, 1.54) is 6.07 Å². The van der Waals surface area contributed by atoms with Gasteiger partial charge in [-0.05, 0) is 36.8 Å². The topological polar surface area (TPSA) is 83.9 Å². The monoisotopic (exact) mass is 381 g/mol. The average molecular weight is 382 g/mol. The van der Waals surface area contributed by atoms with E-state index in [0.29, 0.717) is 16.1 Å². The highest BCUT2D eigenvalue weighted by atomic mass is 35.5. The highest BCUT2D eigenvalue weighted by Gasteiger charge is 2.31. The summed E-state index contributed by atoms with van der Waals surface area (Å²) in [7, 11) is -0.152. The number of carboxylic acids is 1. The van der Waals surface area contributed by atoms with Crippen LogP contribution in [0.4, 0.5) is 5.69 Å². The summed E-state index contributed by atoms with van der Waals surface area (Å²) in [6, 6.07) is 5.91. The van der Waals surface area contributed by atoms with E-state index >= 15 is 0 Å². The van der Waals surface area contributed by atoms with Gasteiger partial charge in [0.25, 0.3) is 0 Å². The van der Waals surface area contributed by atoms with Gasteiger partial charge in [-0.25, -0.2) is 13.2 Å². The van der Waals surface area contributed by atoms with Crippen molar-refractivity contribution < 1.29 is 23.1 Å². The maximum absolute atomic E-state index is 12.8. The van der Waals surface area contributed by atoms with Crippen molar-refractivity contribution in [3.63, 3.8) is 0 Å². The second-order valence-corrected chi connectivity index (χ2v) is 8.46. The van der Waals surface area contributed by atoms with Crippen molar-refractivity contribution in [2.24, 2.45) is 0 Å². The number of carbonyl (C=O) groups is 1. The van der Waals surface area contributed by atoms with Gasteiger partial charge in [-0.3, -0.25) is 0 Å². The Hall–Kier alpha value is -2.25. The van der Waals surface area contributed by atoms with Crippen molar-refractivity contribution in [2.75, 3.05) is 19.0 Å². The average Bonchev–Trinajstić information content (AvgIpc) is 2.61. The lowest BCUT2D eigenvalue weighted by atomic mass is 10.1. The van der Waals surface area contributed by atoms with Gasteiger partial charge in [0, 0.05) is 25.3 Å². The zero-order chi connectivity index (χ0) is 18.5. The molecule has 2 aromatic rings. The highest BCUT2D eigenvalue weighted by Crippen LogP contribution is 2.44. The van der Waals surface area contributed by atoms with Gasteiger partial charge in [0.2, 0.25) is 0 Å². The van der Waals surface area contributed by atoms with Gasteiger partial charge in [-0.1, -0.05) is 11.6 Å². The van der Waals surface area contributed by atoms with Crippen molar-refractivity contribution in [1.29, 1.82) is 0 Å². The first-order valence-electron chi connectivity index (χ1n) is 7.38. The van der Waals surface area contributed by atoms with Gasteiger partial charge in [-0.15, -0.1) is 0 Å². The van der Waals surface area contributed by atoms with Gasteiger partial charge >= 0.3 is 5.97 Å². The molecule has 1 aliphatic heterocycles. The normalized spacial score (nSPS) is 14.7. The standard InChI is InChI=1S/C17H16ClNO5S/c1-9-4-10(17(20)21)6-14-15(9)24-16-11(8-25(14,22)23)5-12(19(2)3)7-13(16)18/h4-7H,8H2,1-3H3,(H,20,21). The molecule has 0 saturated heterocycles. The van der Waals surface area contributed by atoms with E-state index in [4.69, 9.17) is 16.3 Å². The molecule has 0 amide bonds. The van der Waals surface area contributed by atoms with Gasteiger partial charge in [0.15, 0.2) is 9.84 Å². The number of rotatable bonds is 2. The Morgan fingerprint density at radius 3 is 2.48 bits per heavy atom. The first kappa shape index (κ1) is 17.6. The molecule has 6 nitrogen and oxygen atoms in total. The number of ether oxygens (including phenoxy) is 1. The van der Waals surface area contributed by atoms with Crippen LogP contribution in [0.15, 0.2) is 29.2 Å². The lowest BCUT2D eigenvalue weighted by Gasteiger charge is -2.17. The maximum Gasteiger partial charge on any atom is 0.335 e. The molecule has 0 spiro atoms. The molecular formula is C17H16ClNO5S. The fraction of sp³-hybridized carbons (Fsp3) is 0.235. The summed E-state index contributed by atoms with van der Waals surface area (Å²) in [4.78, 5) is 12.9. The third-order valence-corrected chi connectivity index (χ3v) is 5.94. The quantitative estimate of drug-likeness (QED) is 0.857. The molecule has 0 fully saturated rings. The molecule has 0 aliphatic carbocycles. The maximum atomic E-state index is 12.8. The molecule has 25 heavy (non-hydrogen) atoms. The molecule has 2 aromatic carbocycles. The largest absolute Gasteiger partial charge is 0.478 e. The van der Waals surface area contributed by atoms with E-state index < -0.39 is 15.8 Å². The number of aryl methyl sites for hydroxylation is 1. The van der Waals surface area contributed by atoms with Crippen molar-refractivity contribution in [2.45, 2.75) is 17.6 Å². The second-order valence-electron chi connectivity index (χ2n) is 6.10. The summed E-state index contributed by atoms with van der Waals surface area (Å²) >= 11 is 6.32.